The molecule has 0 spiro atoms. The van der Waals surface area contributed by atoms with Crippen molar-refractivity contribution >= 4 is 0 Å². The maximum absolute atomic E-state index is 2.48. The summed E-state index contributed by atoms with van der Waals surface area (Å²) in [5.74, 6) is 0. The van der Waals surface area contributed by atoms with Gasteiger partial charge in [0.2, 0.25) is 0 Å². The Labute approximate surface area is 171 Å². The Hall–Kier alpha value is -2.34. The molecule has 3 aromatic rings. The van der Waals surface area contributed by atoms with Crippen LogP contribution in [0.25, 0.3) is 0 Å². The van der Waals surface area contributed by atoms with Crippen molar-refractivity contribution in [1.82, 2.24) is 0 Å². The summed E-state index contributed by atoms with van der Waals surface area (Å²) in [4.78, 5) is 0. The van der Waals surface area contributed by atoms with Crippen molar-refractivity contribution in [2.75, 3.05) is 0 Å². The number of unbranched alkanes of at least 4 members (excludes halogenated alkanes) is 4. The topological polar surface area (TPSA) is 0 Å². The predicted octanol–water partition coefficient (Wildman–Crippen LogP) is 7.69. The van der Waals surface area contributed by atoms with Gasteiger partial charge < -0.3 is 0 Å². The number of aryl methyl sites for hydroxylation is 2. The van der Waals surface area contributed by atoms with Crippen LogP contribution in [0.2, 0.25) is 0 Å². The SMILES string of the molecule is CCCCCCCc1cc(Cc2ccccc2C)ccc1Cc1ccccc1. The van der Waals surface area contributed by atoms with Crippen molar-refractivity contribution in [2.45, 2.75) is 65.2 Å². The summed E-state index contributed by atoms with van der Waals surface area (Å²) in [6, 6.07) is 26.8. The van der Waals surface area contributed by atoms with Gasteiger partial charge in [0, 0.05) is 0 Å². The first-order valence-electron chi connectivity index (χ1n) is 11.0. The fourth-order valence-electron chi connectivity index (χ4n) is 3.96. The van der Waals surface area contributed by atoms with Gasteiger partial charge in [-0.2, -0.15) is 0 Å². The van der Waals surface area contributed by atoms with E-state index in [1.54, 1.807) is 5.56 Å². The highest BCUT2D eigenvalue weighted by atomic mass is 14.1. The molecule has 0 heterocycles. The number of hydrogen-bond donors (Lipinski definition) is 0. The Bertz CT molecular complexity index is 845. The van der Waals surface area contributed by atoms with E-state index in [9.17, 15) is 0 Å². The van der Waals surface area contributed by atoms with E-state index in [1.165, 1.54) is 66.3 Å². The Morgan fingerprint density at radius 1 is 0.571 bits per heavy atom. The standard InChI is InChI=1S/C28H34/c1-3-4-5-6-10-17-27-22-25(21-26-16-12-11-13-23(26)2)18-19-28(27)20-24-14-8-7-9-15-24/h7-9,11-16,18-19,22H,3-6,10,17,20-21H2,1-2H3. The van der Waals surface area contributed by atoms with Gasteiger partial charge in [-0.1, -0.05) is 105 Å². The first kappa shape index (κ1) is 20.4. The molecule has 0 fully saturated rings. The smallest absolute Gasteiger partial charge is 0.00230 e. The fraction of sp³-hybridized carbons (Fsp3) is 0.357. The summed E-state index contributed by atoms with van der Waals surface area (Å²) in [6.07, 6.45) is 9.96. The Morgan fingerprint density at radius 3 is 2.07 bits per heavy atom. The van der Waals surface area contributed by atoms with Gasteiger partial charge in [0.1, 0.15) is 0 Å². The molecule has 0 heteroatoms. The average molecular weight is 371 g/mol. The van der Waals surface area contributed by atoms with Crippen LogP contribution in [-0.2, 0) is 19.3 Å². The summed E-state index contributed by atoms with van der Waals surface area (Å²) >= 11 is 0. The minimum atomic E-state index is 1.03. The molecule has 0 aliphatic rings. The van der Waals surface area contributed by atoms with Gasteiger partial charge in [-0.05, 0) is 66.0 Å². The van der Waals surface area contributed by atoms with Crippen LogP contribution in [0.5, 0.6) is 0 Å². The van der Waals surface area contributed by atoms with E-state index in [0.717, 1.165) is 12.8 Å². The summed E-state index contributed by atoms with van der Waals surface area (Å²) in [5.41, 5.74) is 8.71. The van der Waals surface area contributed by atoms with Gasteiger partial charge >= 0.3 is 0 Å². The van der Waals surface area contributed by atoms with Gasteiger partial charge in [0.25, 0.3) is 0 Å². The summed E-state index contributed by atoms with van der Waals surface area (Å²) in [7, 11) is 0. The van der Waals surface area contributed by atoms with Gasteiger partial charge in [-0.25, -0.2) is 0 Å². The molecule has 0 aliphatic heterocycles. The van der Waals surface area contributed by atoms with Crippen molar-refractivity contribution in [1.29, 1.82) is 0 Å². The first-order valence-corrected chi connectivity index (χ1v) is 11.0. The third-order valence-electron chi connectivity index (χ3n) is 5.71. The summed E-state index contributed by atoms with van der Waals surface area (Å²) < 4.78 is 0. The van der Waals surface area contributed by atoms with Crippen LogP contribution in [0, 0.1) is 6.92 Å². The molecule has 0 saturated heterocycles. The molecular formula is C28H34. The quantitative estimate of drug-likeness (QED) is 0.321. The lowest BCUT2D eigenvalue weighted by molar-refractivity contribution is 0.631. The van der Waals surface area contributed by atoms with Crippen molar-refractivity contribution in [3.8, 4) is 0 Å². The second-order valence-electron chi connectivity index (χ2n) is 8.03. The molecule has 0 amide bonds. The minimum absolute atomic E-state index is 1.03. The third kappa shape index (κ3) is 6.09. The molecule has 3 rings (SSSR count). The molecule has 0 aromatic heterocycles. The lowest BCUT2D eigenvalue weighted by Gasteiger charge is -2.13. The molecule has 0 aliphatic carbocycles. The Balaban J connectivity index is 1.77. The highest BCUT2D eigenvalue weighted by molar-refractivity contribution is 5.39. The van der Waals surface area contributed by atoms with Crippen LogP contribution < -0.4 is 0 Å². The van der Waals surface area contributed by atoms with Crippen LogP contribution in [0.3, 0.4) is 0 Å². The van der Waals surface area contributed by atoms with Gasteiger partial charge in [-0.3, -0.25) is 0 Å². The first-order chi connectivity index (χ1) is 13.8. The minimum Gasteiger partial charge on any atom is -0.0654 e. The van der Waals surface area contributed by atoms with E-state index in [0.29, 0.717) is 0 Å². The van der Waals surface area contributed by atoms with E-state index in [-0.39, 0.29) is 0 Å². The van der Waals surface area contributed by atoms with Gasteiger partial charge in [-0.15, -0.1) is 0 Å². The molecule has 0 bridgehead atoms. The van der Waals surface area contributed by atoms with Crippen LogP contribution >= 0.6 is 0 Å². The van der Waals surface area contributed by atoms with Crippen molar-refractivity contribution in [3.63, 3.8) is 0 Å². The highest BCUT2D eigenvalue weighted by Crippen LogP contribution is 2.22. The van der Waals surface area contributed by atoms with Crippen LogP contribution in [0.1, 0.15) is 72.4 Å². The van der Waals surface area contributed by atoms with E-state index in [2.05, 4.69) is 86.6 Å². The van der Waals surface area contributed by atoms with Crippen LogP contribution in [0.4, 0.5) is 0 Å². The molecule has 0 nitrogen and oxygen atoms in total. The maximum atomic E-state index is 2.48. The van der Waals surface area contributed by atoms with Gasteiger partial charge in [0.05, 0.1) is 0 Å². The molecule has 3 aromatic carbocycles. The monoisotopic (exact) mass is 370 g/mol. The normalized spacial score (nSPS) is 10.9. The average Bonchev–Trinajstić information content (AvgIpc) is 2.72. The highest BCUT2D eigenvalue weighted by Gasteiger charge is 2.07. The zero-order valence-corrected chi connectivity index (χ0v) is 17.6. The second kappa shape index (κ2) is 10.9. The molecule has 28 heavy (non-hydrogen) atoms. The second-order valence-corrected chi connectivity index (χ2v) is 8.03. The van der Waals surface area contributed by atoms with Gasteiger partial charge in [0.15, 0.2) is 0 Å². The van der Waals surface area contributed by atoms with Crippen molar-refractivity contribution < 1.29 is 0 Å². The largest absolute Gasteiger partial charge is 0.0654 e. The van der Waals surface area contributed by atoms with Crippen LogP contribution in [0.15, 0.2) is 72.8 Å². The van der Waals surface area contributed by atoms with E-state index in [1.807, 2.05) is 0 Å². The van der Waals surface area contributed by atoms with E-state index in [4.69, 9.17) is 0 Å². The molecular weight excluding hydrogens is 336 g/mol. The molecule has 146 valence electrons. The Kier molecular flexibility index (Phi) is 7.91. The molecule has 0 saturated carbocycles. The third-order valence-corrected chi connectivity index (χ3v) is 5.71. The summed E-state index contributed by atoms with van der Waals surface area (Å²) in [5, 5.41) is 0. The maximum Gasteiger partial charge on any atom is -0.00230 e. The zero-order valence-electron chi connectivity index (χ0n) is 17.6. The van der Waals surface area contributed by atoms with Crippen LogP contribution in [-0.4, -0.2) is 0 Å². The van der Waals surface area contributed by atoms with Crippen molar-refractivity contribution in [2.24, 2.45) is 0 Å². The van der Waals surface area contributed by atoms with E-state index >= 15 is 0 Å². The molecule has 0 N–H and O–H groups in total. The molecule has 0 atom stereocenters. The molecule has 0 radical (unpaired) electrons. The lowest BCUT2D eigenvalue weighted by Crippen LogP contribution is -2.00. The summed E-state index contributed by atoms with van der Waals surface area (Å²) in [6.45, 7) is 4.50. The van der Waals surface area contributed by atoms with E-state index < -0.39 is 0 Å². The lowest BCUT2D eigenvalue weighted by atomic mass is 9.92. The molecule has 0 unspecified atom stereocenters. The van der Waals surface area contributed by atoms with Crippen molar-refractivity contribution in [3.05, 3.63) is 106 Å². The number of rotatable bonds is 10. The zero-order chi connectivity index (χ0) is 19.6. The fourth-order valence-corrected chi connectivity index (χ4v) is 3.96. The Morgan fingerprint density at radius 2 is 1.29 bits per heavy atom. The predicted molar refractivity (Wildman–Crippen MR) is 122 cm³/mol. The number of benzene rings is 3. The number of hydrogen-bond acceptors (Lipinski definition) is 0.